The minimum Gasteiger partial charge on any atom is -0.444 e. The summed E-state index contributed by atoms with van der Waals surface area (Å²) in [6, 6.07) is 9.48. The number of morpholine rings is 1. The number of aromatic nitrogens is 3. The van der Waals surface area contributed by atoms with Gasteiger partial charge in [0.15, 0.2) is 5.82 Å². The molecule has 1 fully saturated rings. The van der Waals surface area contributed by atoms with E-state index in [0.717, 1.165) is 38.4 Å². The number of pyridine rings is 1. The molecule has 0 bridgehead atoms. The lowest BCUT2D eigenvalue weighted by Gasteiger charge is -2.26. The Labute approximate surface area is 222 Å². The molecular weight excluding hydrogens is 486 g/mol. The number of ether oxygens (including phenoxy) is 2. The van der Waals surface area contributed by atoms with Gasteiger partial charge in [0.05, 0.1) is 24.5 Å². The summed E-state index contributed by atoms with van der Waals surface area (Å²) in [6.45, 7) is 11.8. The lowest BCUT2D eigenvalue weighted by atomic mass is 10.0. The zero-order chi connectivity index (χ0) is 27.3. The van der Waals surface area contributed by atoms with Crippen LogP contribution < -0.4 is 16.4 Å². The fraction of sp³-hybridized carbons (Fsp3) is 0.444. The predicted molar refractivity (Wildman–Crippen MR) is 145 cm³/mol. The summed E-state index contributed by atoms with van der Waals surface area (Å²) in [5.74, 6) is -0.173. The first-order valence-electron chi connectivity index (χ1n) is 12.7. The number of benzene rings is 1. The molecule has 1 atom stereocenters. The molecule has 1 aliphatic heterocycles. The molecule has 0 aliphatic carbocycles. The van der Waals surface area contributed by atoms with Crippen LogP contribution in [0.25, 0.3) is 22.3 Å². The SMILES string of the molecule is C[C@H](CNc1ncnc2c(C(N)=O)cc(-c3ccc(CN4CCOCC4)cc3)nc12)NC(=O)OC(C)(C)C. The van der Waals surface area contributed by atoms with Crippen LogP contribution in [0, 0.1) is 0 Å². The number of nitrogens with one attached hydrogen (secondary N) is 2. The molecule has 0 saturated carbocycles. The number of hydrogen-bond donors (Lipinski definition) is 3. The van der Waals surface area contributed by atoms with Crippen LogP contribution in [0.1, 0.15) is 43.6 Å². The van der Waals surface area contributed by atoms with Crippen molar-refractivity contribution in [1.29, 1.82) is 0 Å². The van der Waals surface area contributed by atoms with Crippen molar-refractivity contribution in [1.82, 2.24) is 25.2 Å². The summed E-state index contributed by atoms with van der Waals surface area (Å²) in [5, 5.41) is 5.99. The van der Waals surface area contributed by atoms with Gasteiger partial charge >= 0.3 is 6.09 Å². The van der Waals surface area contributed by atoms with Crippen LogP contribution >= 0.6 is 0 Å². The number of nitrogens with two attached hydrogens (primary N) is 1. The molecular formula is C27H35N7O4. The molecule has 4 N–H and O–H groups in total. The van der Waals surface area contributed by atoms with Gasteiger partial charge in [-0.05, 0) is 39.3 Å². The first kappa shape index (κ1) is 27.2. The third kappa shape index (κ3) is 7.14. The van der Waals surface area contributed by atoms with E-state index in [-0.39, 0.29) is 11.6 Å². The monoisotopic (exact) mass is 521 g/mol. The predicted octanol–water partition coefficient (Wildman–Crippen LogP) is 2.95. The van der Waals surface area contributed by atoms with Crippen LogP contribution in [0.5, 0.6) is 0 Å². The second-order valence-corrected chi connectivity index (χ2v) is 10.4. The first-order valence-corrected chi connectivity index (χ1v) is 12.7. The highest BCUT2D eigenvalue weighted by molar-refractivity contribution is 6.06. The maximum absolute atomic E-state index is 12.3. The molecule has 0 spiro atoms. The molecule has 3 aromatic rings. The van der Waals surface area contributed by atoms with E-state index in [9.17, 15) is 9.59 Å². The third-order valence-electron chi connectivity index (χ3n) is 5.95. The third-order valence-corrected chi connectivity index (χ3v) is 5.95. The van der Waals surface area contributed by atoms with Gasteiger partial charge < -0.3 is 25.8 Å². The molecule has 4 rings (SSSR count). The van der Waals surface area contributed by atoms with E-state index in [2.05, 4.69) is 37.6 Å². The zero-order valence-corrected chi connectivity index (χ0v) is 22.3. The Bertz CT molecular complexity index is 1290. The Morgan fingerprint density at radius 2 is 1.84 bits per heavy atom. The smallest absolute Gasteiger partial charge is 0.407 e. The highest BCUT2D eigenvalue weighted by Gasteiger charge is 2.19. The Morgan fingerprint density at radius 1 is 1.13 bits per heavy atom. The molecule has 38 heavy (non-hydrogen) atoms. The Kier molecular flexibility index (Phi) is 8.38. The van der Waals surface area contributed by atoms with Crippen LogP contribution in [0.15, 0.2) is 36.7 Å². The number of primary amides is 1. The fourth-order valence-electron chi connectivity index (χ4n) is 4.11. The van der Waals surface area contributed by atoms with Crippen LogP contribution in [0.3, 0.4) is 0 Å². The first-order chi connectivity index (χ1) is 18.1. The lowest BCUT2D eigenvalue weighted by molar-refractivity contribution is 0.0342. The van der Waals surface area contributed by atoms with Crippen molar-refractivity contribution in [2.45, 2.75) is 45.9 Å². The van der Waals surface area contributed by atoms with E-state index in [1.165, 1.54) is 11.9 Å². The molecule has 0 radical (unpaired) electrons. The molecule has 1 saturated heterocycles. The second-order valence-electron chi connectivity index (χ2n) is 10.4. The van der Waals surface area contributed by atoms with Crippen molar-refractivity contribution in [3.8, 4) is 11.3 Å². The van der Waals surface area contributed by atoms with Crippen molar-refractivity contribution in [3.63, 3.8) is 0 Å². The van der Waals surface area contributed by atoms with Gasteiger partial charge in [0.25, 0.3) is 5.91 Å². The molecule has 1 aliphatic rings. The van der Waals surface area contributed by atoms with Crippen molar-refractivity contribution >= 4 is 28.9 Å². The van der Waals surface area contributed by atoms with Gasteiger partial charge in [-0.2, -0.15) is 0 Å². The lowest BCUT2D eigenvalue weighted by Crippen LogP contribution is -2.40. The van der Waals surface area contributed by atoms with E-state index in [0.29, 0.717) is 29.1 Å². The molecule has 11 nitrogen and oxygen atoms in total. The van der Waals surface area contributed by atoms with Gasteiger partial charge in [0.1, 0.15) is 23.0 Å². The summed E-state index contributed by atoms with van der Waals surface area (Å²) in [7, 11) is 0. The number of fused-ring (bicyclic) bond motifs is 1. The Balaban J connectivity index is 1.55. The van der Waals surface area contributed by atoms with Crippen LogP contribution in [0.4, 0.5) is 10.6 Å². The van der Waals surface area contributed by atoms with E-state index in [1.54, 1.807) is 26.8 Å². The average molecular weight is 522 g/mol. The quantitative estimate of drug-likeness (QED) is 0.407. The zero-order valence-electron chi connectivity index (χ0n) is 22.3. The van der Waals surface area contributed by atoms with Crippen molar-refractivity contribution in [2.75, 3.05) is 38.2 Å². The number of carbonyl (C=O) groups excluding carboxylic acids is 2. The van der Waals surface area contributed by atoms with Crippen molar-refractivity contribution < 1.29 is 19.1 Å². The van der Waals surface area contributed by atoms with Crippen LogP contribution in [-0.4, -0.2) is 76.3 Å². The number of anilines is 1. The van der Waals surface area contributed by atoms with E-state index < -0.39 is 17.6 Å². The maximum atomic E-state index is 12.3. The van der Waals surface area contributed by atoms with E-state index >= 15 is 0 Å². The van der Waals surface area contributed by atoms with Gasteiger partial charge in [0.2, 0.25) is 0 Å². The topological polar surface area (TPSA) is 145 Å². The summed E-state index contributed by atoms with van der Waals surface area (Å²) < 4.78 is 10.7. The second kappa shape index (κ2) is 11.7. The number of rotatable bonds is 8. The number of nitrogens with zero attached hydrogens (tertiary/aromatic N) is 4. The summed E-state index contributed by atoms with van der Waals surface area (Å²) in [4.78, 5) is 40.2. The van der Waals surface area contributed by atoms with Crippen LogP contribution in [-0.2, 0) is 16.0 Å². The van der Waals surface area contributed by atoms with Gasteiger partial charge in [-0.1, -0.05) is 24.3 Å². The molecule has 11 heteroatoms. The van der Waals surface area contributed by atoms with E-state index in [1.807, 2.05) is 19.1 Å². The summed E-state index contributed by atoms with van der Waals surface area (Å²) in [6.07, 6.45) is 0.845. The summed E-state index contributed by atoms with van der Waals surface area (Å²) in [5.41, 5.74) is 8.76. The maximum Gasteiger partial charge on any atom is 0.407 e. The van der Waals surface area contributed by atoms with E-state index in [4.69, 9.17) is 20.2 Å². The summed E-state index contributed by atoms with van der Waals surface area (Å²) >= 11 is 0. The number of alkyl carbamates (subject to hydrolysis) is 1. The van der Waals surface area contributed by atoms with Crippen molar-refractivity contribution in [3.05, 3.63) is 47.8 Å². The molecule has 2 amide bonds. The normalized spacial score (nSPS) is 15.2. The highest BCUT2D eigenvalue weighted by atomic mass is 16.6. The van der Waals surface area contributed by atoms with Crippen LogP contribution in [0.2, 0.25) is 0 Å². The average Bonchev–Trinajstić information content (AvgIpc) is 2.86. The standard InChI is InChI=1S/C27H35N7O4/c1-17(32-26(36)38-27(2,3)4)14-29-25-23-22(30-16-31-25)20(24(28)35)13-21(33-23)19-7-5-18(6-8-19)15-34-9-11-37-12-10-34/h5-8,13,16-17H,9-12,14-15H2,1-4H3,(H2,28,35)(H,32,36)(H,29,30,31)/t17-/m1/s1. The van der Waals surface area contributed by atoms with Gasteiger partial charge in [-0.15, -0.1) is 0 Å². The fourth-order valence-corrected chi connectivity index (χ4v) is 4.11. The molecule has 202 valence electrons. The Hall–Kier alpha value is -3.83. The Morgan fingerprint density at radius 3 is 2.50 bits per heavy atom. The minimum atomic E-state index is -0.604. The molecule has 2 aromatic heterocycles. The largest absolute Gasteiger partial charge is 0.444 e. The molecule has 3 heterocycles. The highest BCUT2D eigenvalue weighted by Crippen LogP contribution is 2.27. The van der Waals surface area contributed by atoms with Gasteiger partial charge in [-0.25, -0.2) is 19.7 Å². The molecule has 1 aromatic carbocycles. The molecule has 0 unspecified atom stereocenters. The van der Waals surface area contributed by atoms with Gasteiger partial charge in [-0.3, -0.25) is 9.69 Å². The number of carbonyl (C=O) groups is 2. The number of hydrogen-bond acceptors (Lipinski definition) is 9. The minimum absolute atomic E-state index is 0.257. The van der Waals surface area contributed by atoms with Gasteiger partial charge in [0, 0.05) is 37.8 Å². The van der Waals surface area contributed by atoms with Crippen molar-refractivity contribution in [2.24, 2.45) is 5.73 Å². The number of amides is 2.